The van der Waals surface area contributed by atoms with Crippen LogP contribution in [-0.4, -0.2) is 18.6 Å². The molecule has 0 aromatic heterocycles. The molecule has 0 heterocycles. The molecule has 4 nitrogen and oxygen atoms in total. The molecule has 100 valence electrons. The zero-order valence-corrected chi connectivity index (χ0v) is 11.1. The normalized spacial score (nSPS) is 12.1. The van der Waals surface area contributed by atoms with Gasteiger partial charge in [0.1, 0.15) is 5.75 Å². The van der Waals surface area contributed by atoms with Gasteiger partial charge in [-0.3, -0.25) is 4.79 Å². The first-order valence-electron chi connectivity index (χ1n) is 6.35. The van der Waals surface area contributed by atoms with Gasteiger partial charge in [0.15, 0.2) is 6.61 Å². The van der Waals surface area contributed by atoms with Crippen molar-refractivity contribution in [2.45, 2.75) is 39.3 Å². The number of carbonyl (C=O) groups excluding carboxylic acids is 1. The van der Waals surface area contributed by atoms with Crippen molar-refractivity contribution in [1.82, 2.24) is 5.32 Å². The number of rotatable bonds is 8. The third-order valence-electron chi connectivity index (χ3n) is 2.68. The van der Waals surface area contributed by atoms with Crippen LogP contribution in [0, 0.1) is 0 Å². The fourth-order valence-electron chi connectivity index (χ4n) is 1.69. The lowest BCUT2D eigenvalue weighted by atomic mass is 10.1. The molecule has 0 saturated heterocycles. The van der Waals surface area contributed by atoms with Crippen LogP contribution in [0.25, 0.3) is 0 Å². The van der Waals surface area contributed by atoms with Crippen molar-refractivity contribution < 1.29 is 9.53 Å². The highest BCUT2D eigenvalue weighted by atomic mass is 16.5. The predicted octanol–water partition coefficient (Wildman–Crippen LogP) is 1.83. The molecule has 4 heteroatoms. The van der Waals surface area contributed by atoms with E-state index in [1.807, 2.05) is 24.3 Å². The maximum absolute atomic E-state index is 10.6. The summed E-state index contributed by atoms with van der Waals surface area (Å²) >= 11 is 0. The molecule has 0 saturated carbocycles. The van der Waals surface area contributed by atoms with Gasteiger partial charge in [0.2, 0.25) is 0 Å². The molecule has 1 rings (SSSR count). The van der Waals surface area contributed by atoms with Crippen LogP contribution in [0.1, 0.15) is 32.3 Å². The van der Waals surface area contributed by atoms with Gasteiger partial charge in [-0.1, -0.05) is 25.5 Å². The molecule has 0 aliphatic heterocycles. The van der Waals surface area contributed by atoms with Crippen molar-refractivity contribution >= 4 is 5.91 Å². The molecule has 1 unspecified atom stereocenters. The zero-order chi connectivity index (χ0) is 13.4. The summed E-state index contributed by atoms with van der Waals surface area (Å²) in [7, 11) is 0. The van der Waals surface area contributed by atoms with Gasteiger partial charge in [-0.25, -0.2) is 0 Å². The van der Waals surface area contributed by atoms with E-state index >= 15 is 0 Å². The number of hydrogen-bond donors (Lipinski definition) is 2. The number of nitrogens with one attached hydrogen (secondary N) is 1. The zero-order valence-electron chi connectivity index (χ0n) is 11.1. The van der Waals surface area contributed by atoms with Crippen LogP contribution in [0.2, 0.25) is 0 Å². The Morgan fingerprint density at radius 2 is 2.06 bits per heavy atom. The highest BCUT2D eigenvalue weighted by molar-refractivity contribution is 5.75. The van der Waals surface area contributed by atoms with E-state index in [-0.39, 0.29) is 6.61 Å². The summed E-state index contributed by atoms with van der Waals surface area (Å²) in [6.45, 7) is 5.14. The minimum atomic E-state index is -0.464. The van der Waals surface area contributed by atoms with E-state index in [1.165, 1.54) is 18.4 Å². The molecule has 0 aliphatic rings. The first kappa shape index (κ1) is 14.5. The lowest BCUT2D eigenvalue weighted by Crippen LogP contribution is -2.25. The summed E-state index contributed by atoms with van der Waals surface area (Å²) in [5, 5.41) is 3.45. The van der Waals surface area contributed by atoms with E-state index in [0.29, 0.717) is 11.8 Å². The number of ether oxygens (including phenoxy) is 1. The van der Waals surface area contributed by atoms with Gasteiger partial charge in [0.25, 0.3) is 5.91 Å². The molecule has 1 atom stereocenters. The molecule has 3 N–H and O–H groups in total. The van der Waals surface area contributed by atoms with E-state index in [0.717, 1.165) is 6.54 Å². The van der Waals surface area contributed by atoms with Crippen LogP contribution in [0.5, 0.6) is 5.75 Å². The second-order valence-electron chi connectivity index (χ2n) is 4.47. The summed E-state index contributed by atoms with van der Waals surface area (Å²) in [5.41, 5.74) is 6.20. The topological polar surface area (TPSA) is 64.3 Å². The number of benzene rings is 1. The average molecular weight is 250 g/mol. The Hall–Kier alpha value is -1.55. The van der Waals surface area contributed by atoms with Crippen molar-refractivity contribution in [2.75, 3.05) is 6.61 Å². The summed E-state index contributed by atoms with van der Waals surface area (Å²) in [6, 6.07) is 8.21. The summed E-state index contributed by atoms with van der Waals surface area (Å²) in [4.78, 5) is 10.6. The lowest BCUT2D eigenvalue weighted by molar-refractivity contribution is -0.119. The number of carbonyl (C=O) groups is 1. The Kier molecular flexibility index (Phi) is 6.22. The molecule has 0 fully saturated rings. The van der Waals surface area contributed by atoms with Gasteiger partial charge in [-0.15, -0.1) is 0 Å². The van der Waals surface area contributed by atoms with E-state index in [9.17, 15) is 4.79 Å². The second-order valence-corrected chi connectivity index (χ2v) is 4.47. The smallest absolute Gasteiger partial charge is 0.255 e. The predicted molar refractivity (Wildman–Crippen MR) is 72.3 cm³/mol. The minimum absolute atomic E-state index is 0.0782. The molecular weight excluding hydrogens is 228 g/mol. The van der Waals surface area contributed by atoms with Crippen molar-refractivity contribution in [3.8, 4) is 5.75 Å². The van der Waals surface area contributed by atoms with Crippen LogP contribution in [-0.2, 0) is 11.3 Å². The molecule has 0 spiro atoms. The second kappa shape index (κ2) is 7.71. The van der Waals surface area contributed by atoms with E-state index < -0.39 is 5.91 Å². The molecule has 1 amide bonds. The number of primary amides is 1. The summed E-state index contributed by atoms with van der Waals surface area (Å²) < 4.78 is 5.19. The fraction of sp³-hybridized carbons (Fsp3) is 0.500. The van der Waals surface area contributed by atoms with Crippen LogP contribution < -0.4 is 15.8 Å². The molecule has 1 aromatic carbocycles. The first-order valence-corrected chi connectivity index (χ1v) is 6.35. The Bertz CT molecular complexity index is 363. The van der Waals surface area contributed by atoms with E-state index in [2.05, 4.69) is 19.2 Å². The highest BCUT2D eigenvalue weighted by Gasteiger charge is 2.01. The Labute approximate surface area is 109 Å². The molecule has 0 radical (unpaired) electrons. The monoisotopic (exact) mass is 250 g/mol. The highest BCUT2D eigenvalue weighted by Crippen LogP contribution is 2.12. The Balaban J connectivity index is 2.38. The number of amides is 1. The van der Waals surface area contributed by atoms with Gasteiger partial charge in [-0.05, 0) is 31.0 Å². The number of nitrogens with two attached hydrogens (primary N) is 1. The third kappa shape index (κ3) is 5.68. The van der Waals surface area contributed by atoms with Crippen LogP contribution in [0.4, 0.5) is 0 Å². The summed E-state index contributed by atoms with van der Waals surface area (Å²) in [6.07, 6.45) is 2.37. The number of hydrogen-bond acceptors (Lipinski definition) is 3. The van der Waals surface area contributed by atoms with Crippen LogP contribution in [0.15, 0.2) is 24.3 Å². The first-order chi connectivity index (χ1) is 8.61. The maximum atomic E-state index is 10.6. The van der Waals surface area contributed by atoms with Crippen molar-refractivity contribution in [2.24, 2.45) is 5.73 Å². The van der Waals surface area contributed by atoms with Gasteiger partial charge in [0.05, 0.1) is 0 Å². The lowest BCUT2D eigenvalue weighted by Gasteiger charge is -2.12. The molecule has 0 aliphatic carbocycles. The maximum Gasteiger partial charge on any atom is 0.255 e. The SMILES string of the molecule is CCCC(C)NCc1ccc(OCC(N)=O)cc1. The minimum Gasteiger partial charge on any atom is -0.484 e. The quantitative estimate of drug-likeness (QED) is 0.740. The van der Waals surface area contributed by atoms with E-state index in [4.69, 9.17) is 10.5 Å². The van der Waals surface area contributed by atoms with Crippen molar-refractivity contribution in [3.05, 3.63) is 29.8 Å². The average Bonchev–Trinajstić information content (AvgIpc) is 2.35. The third-order valence-corrected chi connectivity index (χ3v) is 2.68. The van der Waals surface area contributed by atoms with Crippen LogP contribution in [0.3, 0.4) is 0 Å². The van der Waals surface area contributed by atoms with Crippen LogP contribution >= 0.6 is 0 Å². The molecule has 0 bridgehead atoms. The van der Waals surface area contributed by atoms with Gasteiger partial charge in [0, 0.05) is 12.6 Å². The Morgan fingerprint density at radius 3 is 2.61 bits per heavy atom. The molecular formula is C14H22N2O2. The molecule has 1 aromatic rings. The molecule has 18 heavy (non-hydrogen) atoms. The largest absolute Gasteiger partial charge is 0.484 e. The van der Waals surface area contributed by atoms with Crippen molar-refractivity contribution in [1.29, 1.82) is 0 Å². The van der Waals surface area contributed by atoms with Gasteiger partial charge >= 0.3 is 0 Å². The van der Waals surface area contributed by atoms with Crippen molar-refractivity contribution in [3.63, 3.8) is 0 Å². The van der Waals surface area contributed by atoms with E-state index in [1.54, 1.807) is 0 Å². The fourth-order valence-corrected chi connectivity index (χ4v) is 1.69. The van der Waals surface area contributed by atoms with Gasteiger partial charge in [-0.2, -0.15) is 0 Å². The summed E-state index contributed by atoms with van der Waals surface area (Å²) in [5.74, 6) is 0.202. The standard InChI is InChI=1S/C14H22N2O2/c1-3-4-11(2)16-9-12-5-7-13(8-6-12)18-10-14(15)17/h5-8,11,16H,3-4,9-10H2,1-2H3,(H2,15,17). The Morgan fingerprint density at radius 1 is 1.39 bits per heavy atom. The van der Waals surface area contributed by atoms with Gasteiger partial charge < -0.3 is 15.8 Å².